The summed E-state index contributed by atoms with van der Waals surface area (Å²) in [7, 11) is -1.39. The Bertz CT molecular complexity index is 866. The van der Waals surface area contributed by atoms with Gasteiger partial charge in [-0.25, -0.2) is 13.6 Å². The highest BCUT2D eigenvalue weighted by molar-refractivity contribution is 6.47. The van der Waals surface area contributed by atoms with Gasteiger partial charge in [-0.05, 0) is 37.8 Å². The van der Waals surface area contributed by atoms with Gasteiger partial charge in [-0.15, -0.1) is 0 Å². The minimum Gasteiger partial charge on any atom is -0.535 e. The molecule has 0 amide bonds. The lowest BCUT2D eigenvalue weighted by Crippen LogP contribution is -2.36. The third kappa shape index (κ3) is 7.23. The number of hydrogen-bond acceptors (Lipinski definition) is 8. The lowest BCUT2D eigenvalue weighted by atomic mass is 9.64. The number of ketones is 1. The van der Waals surface area contributed by atoms with Gasteiger partial charge in [0, 0.05) is 38.3 Å². The molecule has 2 aliphatic heterocycles. The second kappa shape index (κ2) is 11.1. The highest BCUT2D eigenvalue weighted by Gasteiger charge is 2.38. The number of rotatable bonds is 9. The van der Waals surface area contributed by atoms with Gasteiger partial charge in [0.1, 0.15) is 17.1 Å². The monoisotopic (exact) mass is 468 g/mol. The van der Waals surface area contributed by atoms with Crippen molar-refractivity contribution in [2.45, 2.75) is 57.2 Å². The molecule has 3 rings (SSSR count). The van der Waals surface area contributed by atoms with Crippen LogP contribution in [0.3, 0.4) is 0 Å². The number of alkyl halides is 2. The Morgan fingerprint density at radius 2 is 1.94 bits per heavy atom. The molecule has 1 aromatic rings. The van der Waals surface area contributed by atoms with Crippen molar-refractivity contribution in [2.75, 3.05) is 20.0 Å². The first-order chi connectivity index (χ1) is 15.6. The van der Waals surface area contributed by atoms with Crippen molar-refractivity contribution < 1.29 is 47.1 Å². The predicted octanol–water partition coefficient (Wildman–Crippen LogP) is 2.95. The summed E-state index contributed by atoms with van der Waals surface area (Å²) in [4.78, 5) is 36.6. The quantitative estimate of drug-likeness (QED) is 0.335. The Kier molecular flexibility index (Phi) is 8.42. The molecule has 0 aromatic heterocycles. The molecular formula is C22H27BF2O8. The smallest absolute Gasteiger partial charge is 0.526 e. The third-order valence-corrected chi connectivity index (χ3v) is 5.72. The van der Waals surface area contributed by atoms with Crippen LogP contribution in [0.2, 0.25) is 5.82 Å². The molecule has 1 aromatic carbocycles. The van der Waals surface area contributed by atoms with Crippen molar-refractivity contribution in [1.29, 1.82) is 0 Å². The van der Waals surface area contributed by atoms with Crippen LogP contribution >= 0.6 is 0 Å². The van der Waals surface area contributed by atoms with Gasteiger partial charge in [-0.2, -0.15) is 0 Å². The van der Waals surface area contributed by atoms with Gasteiger partial charge in [0.25, 0.3) is 0 Å². The number of carbonyl (C=O) groups is 3. The van der Waals surface area contributed by atoms with Crippen molar-refractivity contribution in [3.05, 3.63) is 29.3 Å². The molecule has 0 spiro atoms. The molecule has 0 bridgehead atoms. The second-order valence-corrected chi connectivity index (χ2v) is 8.48. The van der Waals surface area contributed by atoms with E-state index in [1.807, 2.05) is 0 Å². The van der Waals surface area contributed by atoms with E-state index in [9.17, 15) is 28.2 Å². The summed E-state index contributed by atoms with van der Waals surface area (Å²) in [6, 6.07) is 4.73. The molecule has 0 radical (unpaired) electrons. The molecule has 2 aliphatic rings. The fourth-order valence-corrected chi connectivity index (χ4v) is 3.84. The molecule has 0 saturated carbocycles. The van der Waals surface area contributed by atoms with Crippen molar-refractivity contribution >= 4 is 24.8 Å². The van der Waals surface area contributed by atoms with Crippen LogP contribution in [0.1, 0.15) is 54.9 Å². The summed E-state index contributed by atoms with van der Waals surface area (Å²) in [6.07, 6.45) is 0.363. The summed E-state index contributed by atoms with van der Waals surface area (Å²) < 4.78 is 46.7. The average molecular weight is 468 g/mol. The van der Waals surface area contributed by atoms with Crippen LogP contribution in [0, 0.1) is 5.92 Å². The van der Waals surface area contributed by atoms with Crippen molar-refractivity contribution in [3.63, 3.8) is 0 Å². The number of carbonyl (C=O) groups excluding carboxylic acids is 3. The first-order valence-corrected chi connectivity index (χ1v) is 10.9. The third-order valence-electron chi connectivity index (χ3n) is 5.72. The SMILES string of the molecule is CC(F)(F)CCC(=O)C[C@H]1Cc2cccc(C(=O)OCOC(=O)C3CCOCC3)c2OB1O. The van der Waals surface area contributed by atoms with Gasteiger partial charge in [0.15, 0.2) is 0 Å². The zero-order valence-corrected chi connectivity index (χ0v) is 18.4. The van der Waals surface area contributed by atoms with Crippen molar-refractivity contribution in [1.82, 2.24) is 0 Å². The van der Waals surface area contributed by atoms with E-state index < -0.39 is 49.8 Å². The first-order valence-electron chi connectivity index (χ1n) is 10.9. The van der Waals surface area contributed by atoms with Gasteiger partial charge in [0.05, 0.1) is 5.92 Å². The lowest BCUT2D eigenvalue weighted by molar-refractivity contribution is -0.160. The Hall–Kier alpha value is -2.53. The molecule has 1 atom stereocenters. The first kappa shape index (κ1) is 25.1. The number of halogens is 2. The van der Waals surface area contributed by atoms with Crippen LogP contribution in [0.15, 0.2) is 18.2 Å². The van der Waals surface area contributed by atoms with Gasteiger partial charge in [-0.1, -0.05) is 12.1 Å². The zero-order valence-electron chi connectivity index (χ0n) is 18.4. The van der Waals surface area contributed by atoms with Crippen LogP contribution in [-0.4, -0.2) is 55.8 Å². The van der Waals surface area contributed by atoms with Crippen LogP contribution in [-0.2, 0) is 30.2 Å². The van der Waals surface area contributed by atoms with E-state index in [4.69, 9.17) is 18.9 Å². The van der Waals surface area contributed by atoms with E-state index in [0.29, 0.717) is 31.6 Å². The molecule has 33 heavy (non-hydrogen) atoms. The molecule has 0 aliphatic carbocycles. The average Bonchev–Trinajstić information content (AvgIpc) is 2.78. The summed E-state index contributed by atoms with van der Waals surface area (Å²) in [5, 5.41) is 10.3. The maximum absolute atomic E-state index is 13.0. The molecule has 1 saturated heterocycles. The molecule has 1 N–H and O–H groups in total. The molecule has 0 unspecified atom stereocenters. The highest BCUT2D eigenvalue weighted by atomic mass is 19.3. The molecule has 8 nitrogen and oxygen atoms in total. The highest BCUT2D eigenvalue weighted by Crippen LogP contribution is 2.37. The zero-order chi connectivity index (χ0) is 24.0. The van der Waals surface area contributed by atoms with E-state index in [2.05, 4.69) is 0 Å². The van der Waals surface area contributed by atoms with Crippen LogP contribution < -0.4 is 4.65 Å². The molecule has 11 heteroatoms. The Labute approximate surface area is 190 Å². The van der Waals surface area contributed by atoms with Crippen LogP contribution in [0.5, 0.6) is 5.75 Å². The summed E-state index contributed by atoms with van der Waals surface area (Å²) in [6.45, 7) is 1.15. The normalized spacial score (nSPS) is 18.8. The maximum atomic E-state index is 13.0. The molecular weight excluding hydrogens is 441 g/mol. The topological polar surface area (TPSA) is 108 Å². The number of esters is 2. The molecule has 180 valence electrons. The summed E-state index contributed by atoms with van der Waals surface area (Å²) in [5.74, 6) is -5.37. The van der Waals surface area contributed by atoms with Gasteiger partial charge in [0.2, 0.25) is 12.7 Å². The van der Waals surface area contributed by atoms with E-state index in [1.165, 1.54) is 6.07 Å². The minimum absolute atomic E-state index is 0.0454. The van der Waals surface area contributed by atoms with E-state index >= 15 is 0 Å². The second-order valence-electron chi connectivity index (χ2n) is 8.48. The van der Waals surface area contributed by atoms with Crippen LogP contribution in [0.4, 0.5) is 8.78 Å². The lowest BCUT2D eigenvalue weighted by Gasteiger charge is -2.28. The maximum Gasteiger partial charge on any atom is 0.526 e. The van der Waals surface area contributed by atoms with Crippen LogP contribution in [0.25, 0.3) is 0 Å². The van der Waals surface area contributed by atoms with E-state index in [1.54, 1.807) is 12.1 Å². The standard InChI is InChI=1S/C22H27BF2O8/c1-22(24,25)8-5-17(26)12-16-11-15-3-2-4-18(19(15)33-23(16)29)21(28)32-13-31-20(27)14-6-9-30-10-7-14/h2-4,14,16,29H,5-13H2,1H3/t16-/m1/s1. The fraction of sp³-hybridized carbons (Fsp3) is 0.591. The van der Waals surface area contributed by atoms with Crippen molar-refractivity contribution in [2.24, 2.45) is 5.92 Å². The molecule has 2 heterocycles. The van der Waals surface area contributed by atoms with E-state index in [-0.39, 0.29) is 36.5 Å². The number of Topliss-reactive ketones (excluding diaryl/α,β-unsaturated/α-hetero) is 1. The summed E-state index contributed by atoms with van der Waals surface area (Å²) >= 11 is 0. The minimum atomic E-state index is -2.93. The van der Waals surface area contributed by atoms with E-state index in [0.717, 1.165) is 6.92 Å². The predicted molar refractivity (Wildman–Crippen MR) is 112 cm³/mol. The van der Waals surface area contributed by atoms with Crippen molar-refractivity contribution in [3.8, 4) is 5.75 Å². The number of fused-ring (bicyclic) bond motifs is 1. The Morgan fingerprint density at radius 3 is 2.64 bits per heavy atom. The molecule has 1 fully saturated rings. The van der Waals surface area contributed by atoms with Gasteiger partial charge in [-0.3, -0.25) is 9.59 Å². The van der Waals surface area contributed by atoms with Gasteiger partial charge >= 0.3 is 19.1 Å². The largest absolute Gasteiger partial charge is 0.535 e. The Morgan fingerprint density at radius 1 is 1.21 bits per heavy atom. The number of hydrogen-bond donors (Lipinski definition) is 1. The Balaban J connectivity index is 1.55. The fourth-order valence-electron chi connectivity index (χ4n) is 3.84. The van der Waals surface area contributed by atoms with Gasteiger partial charge < -0.3 is 23.9 Å². The summed E-state index contributed by atoms with van der Waals surface area (Å²) in [5.41, 5.74) is 0.622. The number of ether oxygens (including phenoxy) is 3. The number of benzene rings is 1. The number of para-hydroxylation sites is 1.